The summed E-state index contributed by atoms with van der Waals surface area (Å²) in [5.41, 5.74) is 0. The number of hydrogen-bond donors (Lipinski definition) is 0. The van der Waals surface area contributed by atoms with Gasteiger partial charge in [-0.1, -0.05) is 77.9 Å². The molecule has 0 aliphatic carbocycles. The summed E-state index contributed by atoms with van der Waals surface area (Å²) in [4.78, 5) is 11.8. The Hall–Kier alpha value is -1.25. The second kappa shape index (κ2) is 17.6. The van der Waals surface area contributed by atoms with Gasteiger partial charge in [0.15, 0.2) is 6.10 Å². The van der Waals surface area contributed by atoms with E-state index in [0.29, 0.717) is 12.5 Å². The lowest BCUT2D eigenvalue weighted by molar-refractivity contribution is -0.152. The second-order valence-corrected chi connectivity index (χ2v) is 6.83. The molecular weight excluding hydrogens is 312 g/mol. The fourth-order valence-corrected chi connectivity index (χ4v) is 2.50. The molecule has 0 aliphatic heterocycles. The van der Waals surface area contributed by atoms with Gasteiger partial charge in [0, 0.05) is 0 Å². The Morgan fingerprint density at radius 3 is 2.32 bits per heavy atom. The van der Waals surface area contributed by atoms with Crippen LogP contribution < -0.4 is 0 Å². The van der Waals surface area contributed by atoms with Crippen molar-refractivity contribution >= 4 is 5.97 Å². The van der Waals surface area contributed by atoms with Gasteiger partial charge >= 0.3 is 5.97 Å². The Morgan fingerprint density at radius 2 is 1.64 bits per heavy atom. The summed E-state index contributed by atoms with van der Waals surface area (Å²) in [5, 5.41) is 0. The van der Waals surface area contributed by atoms with Crippen molar-refractivity contribution in [1.29, 1.82) is 0 Å². The smallest absolute Gasteiger partial charge is 0.347 e. The highest BCUT2D eigenvalue weighted by Gasteiger charge is 2.13. The molecule has 0 amide bonds. The molecule has 0 aromatic rings. The molecule has 0 radical (unpaired) electrons. The van der Waals surface area contributed by atoms with Gasteiger partial charge in [-0.3, -0.25) is 0 Å². The molecule has 2 unspecified atom stereocenters. The number of unbranched alkanes of at least 4 members (excludes halogenated alkanes) is 6. The minimum absolute atomic E-state index is 0.297. The highest BCUT2D eigenvalue weighted by atomic mass is 16.6. The van der Waals surface area contributed by atoms with Crippen LogP contribution in [0.2, 0.25) is 0 Å². The van der Waals surface area contributed by atoms with Gasteiger partial charge in [0.1, 0.15) is 0 Å². The third-order valence-electron chi connectivity index (χ3n) is 4.22. The first-order valence-electron chi connectivity index (χ1n) is 10.3. The van der Waals surface area contributed by atoms with Gasteiger partial charge in [-0.2, -0.15) is 0 Å². The fraction of sp³-hybridized carbons (Fsp3) is 0.773. The van der Waals surface area contributed by atoms with Crippen LogP contribution in [0.1, 0.15) is 91.9 Å². The van der Waals surface area contributed by atoms with Crippen LogP contribution in [0, 0.1) is 5.92 Å². The van der Waals surface area contributed by atoms with E-state index in [9.17, 15) is 4.79 Å². The Balaban J connectivity index is 3.68. The normalized spacial score (nSPS) is 14.1. The van der Waals surface area contributed by atoms with Crippen LogP contribution in [0.4, 0.5) is 0 Å². The molecule has 2 atom stereocenters. The number of carbonyl (C=O) groups excluding carboxylic acids is 1. The Morgan fingerprint density at radius 1 is 0.960 bits per heavy atom. The van der Waals surface area contributed by atoms with E-state index in [1.165, 1.54) is 51.4 Å². The zero-order valence-electron chi connectivity index (χ0n) is 17.0. The molecular formula is C22H40O3. The molecule has 0 bridgehead atoms. The average molecular weight is 353 g/mol. The molecule has 0 aromatic heterocycles. The van der Waals surface area contributed by atoms with Crippen molar-refractivity contribution in [3.8, 4) is 0 Å². The van der Waals surface area contributed by atoms with Crippen LogP contribution in [0.25, 0.3) is 0 Å². The third-order valence-corrected chi connectivity index (χ3v) is 4.22. The van der Waals surface area contributed by atoms with Crippen molar-refractivity contribution in [2.24, 2.45) is 5.92 Å². The quantitative estimate of drug-likeness (QED) is 0.136. The van der Waals surface area contributed by atoms with Crippen molar-refractivity contribution in [2.75, 3.05) is 6.61 Å². The van der Waals surface area contributed by atoms with Gasteiger partial charge < -0.3 is 9.47 Å². The van der Waals surface area contributed by atoms with E-state index in [1.807, 2.05) is 12.2 Å². The molecule has 3 heteroatoms. The molecule has 0 aliphatic rings. The number of rotatable bonds is 16. The lowest BCUT2D eigenvalue weighted by Crippen LogP contribution is -2.21. The van der Waals surface area contributed by atoms with E-state index < -0.39 is 6.10 Å². The number of ether oxygens (including phenoxy) is 2. The Bertz CT molecular complexity index is 360. The molecule has 0 saturated carbocycles. The second-order valence-electron chi connectivity index (χ2n) is 6.83. The Kier molecular flexibility index (Phi) is 16.7. The zero-order chi connectivity index (χ0) is 18.8. The van der Waals surface area contributed by atoms with Gasteiger partial charge in [-0.15, -0.1) is 0 Å². The average Bonchev–Trinajstić information content (AvgIpc) is 2.60. The van der Waals surface area contributed by atoms with Crippen LogP contribution in [-0.4, -0.2) is 18.7 Å². The number of hydrogen-bond acceptors (Lipinski definition) is 3. The number of esters is 1. The summed E-state index contributed by atoms with van der Waals surface area (Å²) in [5.74, 6) is 0.187. The lowest BCUT2D eigenvalue weighted by atomic mass is 10.0. The monoisotopic (exact) mass is 352 g/mol. The van der Waals surface area contributed by atoms with Crippen LogP contribution >= 0.6 is 0 Å². The van der Waals surface area contributed by atoms with E-state index >= 15 is 0 Å². The van der Waals surface area contributed by atoms with Crippen LogP contribution in [0.3, 0.4) is 0 Å². The Labute approximate surface area is 155 Å². The SMILES string of the molecule is CC/C=C\CCOC(=O)C(C)OC=CC(C)CCCCCCCCC. The zero-order valence-corrected chi connectivity index (χ0v) is 17.0. The standard InChI is InChI=1S/C22H40O3/c1-5-7-9-11-12-13-14-16-20(3)17-19-24-21(4)22(23)25-18-15-10-8-6-2/h8,10,17,19-21H,5-7,9,11-16,18H2,1-4H3/b10-8-,19-17?. The molecule has 0 aromatic carbocycles. The summed E-state index contributed by atoms with van der Waals surface area (Å²) < 4.78 is 10.6. The third kappa shape index (κ3) is 16.0. The van der Waals surface area contributed by atoms with Crippen molar-refractivity contribution in [3.63, 3.8) is 0 Å². The molecule has 146 valence electrons. The van der Waals surface area contributed by atoms with E-state index in [0.717, 1.165) is 12.8 Å². The van der Waals surface area contributed by atoms with Crippen LogP contribution in [-0.2, 0) is 14.3 Å². The summed E-state index contributed by atoms with van der Waals surface area (Å²) in [6.45, 7) is 8.68. The van der Waals surface area contributed by atoms with Gasteiger partial charge in [0.25, 0.3) is 0 Å². The molecule has 0 spiro atoms. The fourth-order valence-electron chi connectivity index (χ4n) is 2.50. The minimum Gasteiger partial charge on any atom is -0.487 e. The highest BCUT2D eigenvalue weighted by Crippen LogP contribution is 2.13. The number of allylic oxidation sites excluding steroid dienone is 2. The summed E-state index contributed by atoms with van der Waals surface area (Å²) in [6.07, 6.45) is 19.6. The van der Waals surface area contributed by atoms with Gasteiger partial charge in [-0.25, -0.2) is 4.79 Å². The van der Waals surface area contributed by atoms with Crippen LogP contribution in [0.5, 0.6) is 0 Å². The molecule has 0 rings (SSSR count). The first-order valence-corrected chi connectivity index (χ1v) is 10.3. The summed E-state index contributed by atoms with van der Waals surface area (Å²) in [6, 6.07) is 0. The first kappa shape index (κ1) is 23.8. The largest absolute Gasteiger partial charge is 0.487 e. The lowest BCUT2D eigenvalue weighted by Gasteiger charge is -2.11. The van der Waals surface area contributed by atoms with E-state index in [-0.39, 0.29) is 5.97 Å². The van der Waals surface area contributed by atoms with Crippen molar-refractivity contribution < 1.29 is 14.3 Å². The summed E-state index contributed by atoms with van der Waals surface area (Å²) >= 11 is 0. The molecule has 0 saturated heterocycles. The molecule has 0 heterocycles. The van der Waals surface area contributed by atoms with Crippen molar-refractivity contribution in [1.82, 2.24) is 0 Å². The van der Waals surface area contributed by atoms with Crippen molar-refractivity contribution in [2.45, 2.75) is 98.0 Å². The van der Waals surface area contributed by atoms with Crippen molar-refractivity contribution in [3.05, 3.63) is 24.5 Å². The maximum Gasteiger partial charge on any atom is 0.347 e. The molecule has 3 nitrogen and oxygen atoms in total. The topological polar surface area (TPSA) is 35.5 Å². The maximum atomic E-state index is 11.8. The highest BCUT2D eigenvalue weighted by molar-refractivity contribution is 5.74. The minimum atomic E-state index is -0.544. The predicted molar refractivity (Wildman–Crippen MR) is 106 cm³/mol. The van der Waals surface area contributed by atoms with E-state index in [1.54, 1.807) is 13.2 Å². The molecule has 0 N–H and O–H groups in total. The van der Waals surface area contributed by atoms with Crippen LogP contribution in [0.15, 0.2) is 24.5 Å². The van der Waals surface area contributed by atoms with E-state index in [4.69, 9.17) is 9.47 Å². The first-order chi connectivity index (χ1) is 12.1. The van der Waals surface area contributed by atoms with Gasteiger partial charge in [0.2, 0.25) is 0 Å². The molecule has 0 fully saturated rings. The maximum absolute atomic E-state index is 11.8. The van der Waals surface area contributed by atoms with E-state index in [2.05, 4.69) is 26.8 Å². The van der Waals surface area contributed by atoms with Gasteiger partial charge in [-0.05, 0) is 38.2 Å². The molecule has 25 heavy (non-hydrogen) atoms. The number of carbonyl (C=O) groups is 1. The predicted octanol–water partition coefficient (Wildman–Crippen LogP) is 6.58. The van der Waals surface area contributed by atoms with Gasteiger partial charge in [0.05, 0.1) is 12.9 Å². The summed E-state index contributed by atoms with van der Waals surface area (Å²) in [7, 11) is 0.